The molecule has 0 aromatic heterocycles. The summed E-state index contributed by atoms with van der Waals surface area (Å²) < 4.78 is 0. The second-order valence-electron chi connectivity index (χ2n) is 6.12. The van der Waals surface area contributed by atoms with E-state index < -0.39 is 0 Å². The molecule has 1 aliphatic heterocycles. The van der Waals surface area contributed by atoms with E-state index in [1.54, 1.807) is 0 Å². The maximum absolute atomic E-state index is 9.82. The van der Waals surface area contributed by atoms with Crippen molar-refractivity contribution in [3.63, 3.8) is 0 Å². The fourth-order valence-electron chi connectivity index (χ4n) is 3.05. The zero-order valence-electron chi connectivity index (χ0n) is 13.3. The van der Waals surface area contributed by atoms with Gasteiger partial charge in [-0.25, -0.2) is 0 Å². The van der Waals surface area contributed by atoms with Crippen molar-refractivity contribution in [1.29, 1.82) is 0 Å². The molecule has 1 N–H and O–H groups in total. The molecule has 1 aliphatic rings. The molecular weight excluding hydrogens is 270 g/mol. The van der Waals surface area contributed by atoms with Crippen molar-refractivity contribution in [3.05, 3.63) is 58.7 Å². The molecule has 0 radical (unpaired) electrons. The predicted molar refractivity (Wildman–Crippen MR) is 94.4 cm³/mol. The van der Waals surface area contributed by atoms with Crippen molar-refractivity contribution in [2.24, 2.45) is 0 Å². The van der Waals surface area contributed by atoms with Gasteiger partial charge in [0.2, 0.25) is 0 Å². The first-order valence-electron chi connectivity index (χ1n) is 7.97. The lowest BCUT2D eigenvalue weighted by Gasteiger charge is -2.17. The minimum atomic E-state index is 0.395. The quantitative estimate of drug-likeness (QED) is 0.823. The van der Waals surface area contributed by atoms with Crippen LogP contribution in [-0.2, 0) is 0 Å². The van der Waals surface area contributed by atoms with Gasteiger partial charge in [-0.3, -0.25) is 0 Å². The van der Waals surface area contributed by atoms with Crippen LogP contribution in [0.4, 0.5) is 5.69 Å². The van der Waals surface area contributed by atoms with Gasteiger partial charge in [0.25, 0.3) is 0 Å². The molecule has 2 aromatic carbocycles. The highest BCUT2D eigenvalue weighted by Gasteiger charge is 2.11. The minimum Gasteiger partial charge on any atom is -0.507 e. The topological polar surface area (TPSA) is 23.5 Å². The smallest absolute Gasteiger partial charge is 0.121 e. The third-order valence-corrected chi connectivity index (χ3v) is 4.35. The molecule has 0 aliphatic carbocycles. The van der Waals surface area contributed by atoms with Crippen molar-refractivity contribution < 1.29 is 5.11 Å². The van der Waals surface area contributed by atoms with E-state index in [1.165, 1.54) is 37.2 Å². The third kappa shape index (κ3) is 3.16. The Labute approximate surface area is 132 Å². The Morgan fingerprint density at radius 2 is 1.41 bits per heavy atom. The average Bonchev–Trinajstić information content (AvgIpc) is 3.05. The molecule has 0 unspecified atom stereocenters. The van der Waals surface area contributed by atoms with Crippen LogP contribution in [0.15, 0.2) is 36.4 Å². The molecule has 2 aromatic rings. The van der Waals surface area contributed by atoms with Crippen molar-refractivity contribution >= 4 is 17.8 Å². The van der Waals surface area contributed by atoms with Crippen molar-refractivity contribution in [2.75, 3.05) is 18.0 Å². The molecule has 114 valence electrons. The summed E-state index contributed by atoms with van der Waals surface area (Å²) in [5, 5.41) is 9.82. The van der Waals surface area contributed by atoms with Crippen LogP contribution >= 0.6 is 0 Å². The second-order valence-corrected chi connectivity index (χ2v) is 6.12. The summed E-state index contributed by atoms with van der Waals surface area (Å²) >= 11 is 0. The second kappa shape index (κ2) is 6.27. The SMILES string of the molecule is Cc1cc(/C=C/c2ccc(N3CCCC3)cc2)cc(C)c1O. The standard InChI is InChI=1S/C20H23NO/c1-15-13-18(14-16(2)20(15)22)6-5-17-7-9-19(10-8-17)21-11-3-4-12-21/h5-10,13-14,22H,3-4,11-12H2,1-2H3/b6-5+. The summed E-state index contributed by atoms with van der Waals surface area (Å²) in [5.41, 5.74) is 5.49. The van der Waals surface area contributed by atoms with Gasteiger partial charge in [-0.1, -0.05) is 24.3 Å². The van der Waals surface area contributed by atoms with Crippen molar-refractivity contribution in [1.82, 2.24) is 0 Å². The molecule has 0 bridgehead atoms. The Morgan fingerprint density at radius 1 is 0.864 bits per heavy atom. The summed E-state index contributed by atoms with van der Waals surface area (Å²) in [6.45, 7) is 6.23. The van der Waals surface area contributed by atoms with Gasteiger partial charge in [-0.05, 0) is 73.2 Å². The zero-order chi connectivity index (χ0) is 15.5. The van der Waals surface area contributed by atoms with Crippen LogP contribution in [-0.4, -0.2) is 18.2 Å². The van der Waals surface area contributed by atoms with Crippen LogP contribution in [0.2, 0.25) is 0 Å². The van der Waals surface area contributed by atoms with Crippen molar-refractivity contribution in [2.45, 2.75) is 26.7 Å². The number of anilines is 1. The summed E-state index contributed by atoms with van der Waals surface area (Å²) in [7, 11) is 0. The molecule has 3 rings (SSSR count). The van der Waals surface area contributed by atoms with Gasteiger partial charge in [-0.15, -0.1) is 0 Å². The Hall–Kier alpha value is -2.22. The largest absolute Gasteiger partial charge is 0.507 e. The van der Waals surface area contributed by atoms with Crippen LogP contribution in [0.3, 0.4) is 0 Å². The number of aromatic hydroxyl groups is 1. The Morgan fingerprint density at radius 3 is 2.00 bits per heavy atom. The number of aryl methyl sites for hydroxylation is 2. The average molecular weight is 293 g/mol. The van der Waals surface area contributed by atoms with Crippen LogP contribution in [0, 0.1) is 13.8 Å². The highest BCUT2D eigenvalue weighted by atomic mass is 16.3. The van der Waals surface area contributed by atoms with E-state index in [1.807, 2.05) is 26.0 Å². The molecule has 1 fully saturated rings. The van der Waals surface area contributed by atoms with Crippen LogP contribution in [0.1, 0.15) is 35.1 Å². The fraction of sp³-hybridized carbons (Fsp3) is 0.300. The van der Waals surface area contributed by atoms with Gasteiger partial charge in [0, 0.05) is 18.8 Å². The fourth-order valence-corrected chi connectivity index (χ4v) is 3.05. The number of benzene rings is 2. The highest BCUT2D eigenvalue weighted by Crippen LogP contribution is 2.24. The van der Waals surface area contributed by atoms with E-state index in [0.29, 0.717) is 5.75 Å². The molecular formula is C20H23NO. The van der Waals surface area contributed by atoms with Gasteiger partial charge in [0.1, 0.15) is 5.75 Å². The molecule has 1 saturated heterocycles. The molecule has 0 spiro atoms. The maximum Gasteiger partial charge on any atom is 0.121 e. The van der Waals surface area contributed by atoms with Crippen molar-refractivity contribution in [3.8, 4) is 5.75 Å². The number of rotatable bonds is 3. The van der Waals surface area contributed by atoms with E-state index in [2.05, 4.69) is 41.3 Å². The highest BCUT2D eigenvalue weighted by molar-refractivity contribution is 5.71. The number of hydrogen-bond acceptors (Lipinski definition) is 2. The zero-order valence-corrected chi connectivity index (χ0v) is 13.3. The lowest BCUT2D eigenvalue weighted by atomic mass is 10.0. The Kier molecular flexibility index (Phi) is 4.19. The number of phenolic OH excluding ortho intramolecular Hbond substituents is 1. The van der Waals surface area contributed by atoms with Crippen LogP contribution in [0.25, 0.3) is 12.2 Å². The number of nitrogens with zero attached hydrogens (tertiary/aromatic N) is 1. The monoisotopic (exact) mass is 293 g/mol. The first-order chi connectivity index (χ1) is 10.6. The van der Waals surface area contributed by atoms with E-state index in [0.717, 1.165) is 16.7 Å². The summed E-state index contributed by atoms with van der Waals surface area (Å²) in [6, 6.07) is 12.8. The van der Waals surface area contributed by atoms with Crippen LogP contribution < -0.4 is 4.90 Å². The first kappa shape index (κ1) is 14.7. The summed E-state index contributed by atoms with van der Waals surface area (Å²) in [5.74, 6) is 0.395. The van der Waals surface area contributed by atoms with E-state index >= 15 is 0 Å². The third-order valence-electron chi connectivity index (χ3n) is 4.35. The van der Waals surface area contributed by atoms with Gasteiger partial charge in [0.05, 0.1) is 0 Å². The molecule has 0 saturated carbocycles. The summed E-state index contributed by atoms with van der Waals surface area (Å²) in [6.07, 6.45) is 6.84. The predicted octanol–water partition coefficient (Wildman–Crippen LogP) is 4.78. The Bertz CT molecular complexity index is 656. The number of hydrogen-bond donors (Lipinski definition) is 1. The van der Waals surface area contributed by atoms with E-state index in [9.17, 15) is 5.11 Å². The molecule has 2 nitrogen and oxygen atoms in total. The minimum absolute atomic E-state index is 0.395. The summed E-state index contributed by atoms with van der Waals surface area (Å²) in [4.78, 5) is 2.44. The lowest BCUT2D eigenvalue weighted by Crippen LogP contribution is -2.17. The lowest BCUT2D eigenvalue weighted by molar-refractivity contribution is 0.467. The molecule has 0 amide bonds. The molecule has 22 heavy (non-hydrogen) atoms. The molecule has 0 atom stereocenters. The van der Waals surface area contributed by atoms with Gasteiger partial charge < -0.3 is 10.0 Å². The van der Waals surface area contributed by atoms with Gasteiger partial charge in [0.15, 0.2) is 0 Å². The normalized spacial score (nSPS) is 14.9. The molecule has 2 heteroatoms. The first-order valence-corrected chi connectivity index (χ1v) is 7.97. The number of phenols is 1. The van der Waals surface area contributed by atoms with E-state index in [4.69, 9.17) is 0 Å². The van der Waals surface area contributed by atoms with Gasteiger partial charge in [-0.2, -0.15) is 0 Å². The van der Waals surface area contributed by atoms with Gasteiger partial charge >= 0.3 is 0 Å². The maximum atomic E-state index is 9.82. The Balaban J connectivity index is 1.75. The molecule has 1 heterocycles. The van der Waals surface area contributed by atoms with Crippen LogP contribution in [0.5, 0.6) is 5.75 Å². The van der Waals surface area contributed by atoms with E-state index in [-0.39, 0.29) is 0 Å².